The van der Waals surface area contributed by atoms with E-state index in [1.54, 1.807) is 0 Å². The zero-order chi connectivity index (χ0) is 9.84. The van der Waals surface area contributed by atoms with E-state index in [1.165, 1.54) is 0 Å². The molecule has 1 atom stereocenters. The summed E-state index contributed by atoms with van der Waals surface area (Å²) in [6.45, 7) is 0.963. The van der Waals surface area contributed by atoms with Gasteiger partial charge in [0, 0.05) is 6.54 Å². The Morgan fingerprint density at radius 2 is 2.31 bits per heavy atom. The fourth-order valence-corrected chi connectivity index (χ4v) is 1.57. The van der Waals surface area contributed by atoms with E-state index >= 15 is 0 Å². The van der Waals surface area contributed by atoms with E-state index in [-0.39, 0.29) is 5.76 Å². The maximum absolute atomic E-state index is 9.49. The molecule has 1 unspecified atom stereocenters. The summed E-state index contributed by atoms with van der Waals surface area (Å²) in [6, 6.07) is 0. The van der Waals surface area contributed by atoms with Crippen molar-refractivity contribution in [1.29, 1.82) is 0 Å². The lowest BCUT2D eigenvalue weighted by Crippen LogP contribution is -2.20. The number of nitrogens with two attached hydrogens (primary N) is 1. The molecule has 0 aliphatic heterocycles. The summed E-state index contributed by atoms with van der Waals surface area (Å²) in [5.74, 6) is 0.650. The molecule has 0 aromatic rings. The Kier molecular flexibility index (Phi) is 3.37. The predicted molar refractivity (Wildman–Crippen MR) is 54.3 cm³/mol. The first kappa shape index (κ1) is 10.1. The number of hydrogen-bond acceptors (Lipinski definition) is 3. The summed E-state index contributed by atoms with van der Waals surface area (Å²) < 4.78 is 0. The van der Waals surface area contributed by atoms with Crippen LogP contribution in [0.3, 0.4) is 0 Å². The van der Waals surface area contributed by atoms with Crippen molar-refractivity contribution in [2.24, 2.45) is 11.7 Å². The largest absolute Gasteiger partial charge is 0.506 e. The highest BCUT2D eigenvalue weighted by Crippen LogP contribution is 2.18. The van der Waals surface area contributed by atoms with E-state index in [0.717, 1.165) is 19.4 Å². The van der Waals surface area contributed by atoms with Crippen LogP contribution in [0.1, 0.15) is 12.8 Å². The van der Waals surface area contributed by atoms with Gasteiger partial charge >= 0.3 is 0 Å². The minimum atomic E-state index is 0.240. The number of aliphatic hydroxyl groups is 1. The fourth-order valence-electron chi connectivity index (χ4n) is 1.57. The minimum Gasteiger partial charge on any atom is -0.506 e. The average Bonchev–Trinajstić information content (AvgIpc) is 2.14. The van der Waals surface area contributed by atoms with Gasteiger partial charge in [-0.1, -0.05) is 6.08 Å². The Bertz CT molecular complexity index is 231. The lowest BCUT2D eigenvalue weighted by atomic mass is 10.0. The van der Waals surface area contributed by atoms with Crippen molar-refractivity contribution < 1.29 is 5.11 Å². The van der Waals surface area contributed by atoms with Crippen molar-refractivity contribution in [3.05, 3.63) is 23.6 Å². The second kappa shape index (κ2) is 4.33. The van der Waals surface area contributed by atoms with Gasteiger partial charge in [-0.2, -0.15) is 0 Å². The van der Waals surface area contributed by atoms with Gasteiger partial charge < -0.3 is 15.7 Å². The van der Waals surface area contributed by atoms with Crippen LogP contribution in [-0.2, 0) is 0 Å². The molecule has 1 aliphatic rings. The monoisotopic (exact) mass is 182 g/mol. The molecule has 74 valence electrons. The van der Waals surface area contributed by atoms with E-state index in [0.29, 0.717) is 11.6 Å². The molecule has 0 aromatic heterocycles. The van der Waals surface area contributed by atoms with Crippen LogP contribution in [0.15, 0.2) is 23.6 Å². The molecule has 3 heteroatoms. The molecule has 0 radical (unpaired) electrons. The second-order valence-electron chi connectivity index (χ2n) is 3.81. The van der Waals surface area contributed by atoms with Crippen molar-refractivity contribution in [2.75, 3.05) is 20.6 Å². The third-order valence-electron chi connectivity index (χ3n) is 2.19. The smallest absolute Gasteiger partial charge is 0.134 e. The van der Waals surface area contributed by atoms with E-state index in [4.69, 9.17) is 5.73 Å². The highest BCUT2D eigenvalue weighted by molar-refractivity contribution is 5.23. The van der Waals surface area contributed by atoms with Gasteiger partial charge in [-0.25, -0.2) is 0 Å². The fraction of sp³-hybridized carbons (Fsp3) is 0.600. The van der Waals surface area contributed by atoms with Gasteiger partial charge in [0.1, 0.15) is 5.76 Å². The molecule has 0 bridgehead atoms. The Labute approximate surface area is 79.5 Å². The van der Waals surface area contributed by atoms with Crippen molar-refractivity contribution in [3.63, 3.8) is 0 Å². The topological polar surface area (TPSA) is 49.5 Å². The van der Waals surface area contributed by atoms with Gasteiger partial charge in [0.2, 0.25) is 0 Å². The van der Waals surface area contributed by atoms with Gasteiger partial charge in [-0.3, -0.25) is 0 Å². The number of rotatable bonds is 2. The maximum atomic E-state index is 9.49. The summed E-state index contributed by atoms with van der Waals surface area (Å²) in [7, 11) is 4.07. The third-order valence-corrected chi connectivity index (χ3v) is 2.19. The van der Waals surface area contributed by atoms with E-state index < -0.39 is 0 Å². The Balaban J connectivity index is 2.62. The van der Waals surface area contributed by atoms with Crippen LogP contribution in [0.2, 0.25) is 0 Å². The van der Waals surface area contributed by atoms with Crippen molar-refractivity contribution >= 4 is 0 Å². The number of nitrogens with zero attached hydrogens (tertiary/aromatic N) is 1. The number of allylic oxidation sites excluding steroid dienone is 1. The standard InChI is InChI=1S/C10H18N2O/c1-12(2)7-8-4-3-5-9(11)10(13)6-8/h5-6,8,13H,3-4,7,11H2,1-2H3. The predicted octanol–water partition coefficient (Wildman–Crippen LogP) is 1.24. The van der Waals surface area contributed by atoms with Gasteiger partial charge in [0.15, 0.2) is 0 Å². The molecule has 0 saturated carbocycles. The molecule has 0 fully saturated rings. The molecule has 1 rings (SSSR count). The van der Waals surface area contributed by atoms with Crippen LogP contribution in [0, 0.1) is 5.92 Å². The van der Waals surface area contributed by atoms with Crippen molar-refractivity contribution in [2.45, 2.75) is 12.8 Å². The van der Waals surface area contributed by atoms with Gasteiger partial charge in [-0.15, -0.1) is 0 Å². The summed E-state index contributed by atoms with van der Waals surface area (Å²) in [6.07, 6.45) is 5.76. The van der Waals surface area contributed by atoms with Crippen LogP contribution < -0.4 is 5.73 Å². The molecule has 0 heterocycles. The van der Waals surface area contributed by atoms with Crippen LogP contribution >= 0.6 is 0 Å². The van der Waals surface area contributed by atoms with E-state index in [2.05, 4.69) is 4.90 Å². The van der Waals surface area contributed by atoms with Crippen molar-refractivity contribution in [3.8, 4) is 0 Å². The molecule has 0 saturated heterocycles. The van der Waals surface area contributed by atoms with Crippen LogP contribution in [0.4, 0.5) is 0 Å². The number of aliphatic hydroxyl groups excluding tert-OH is 1. The average molecular weight is 182 g/mol. The van der Waals surface area contributed by atoms with E-state index in [1.807, 2.05) is 26.2 Å². The highest BCUT2D eigenvalue weighted by atomic mass is 16.3. The molecular formula is C10H18N2O. The summed E-state index contributed by atoms with van der Waals surface area (Å²) in [5, 5.41) is 9.49. The normalized spacial score (nSPS) is 23.8. The molecule has 3 nitrogen and oxygen atoms in total. The maximum Gasteiger partial charge on any atom is 0.134 e. The lowest BCUT2D eigenvalue weighted by Gasteiger charge is -2.16. The molecule has 0 aromatic carbocycles. The van der Waals surface area contributed by atoms with Crippen LogP contribution in [0.5, 0.6) is 0 Å². The highest BCUT2D eigenvalue weighted by Gasteiger charge is 2.12. The minimum absolute atomic E-state index is 0.240. The molecule has 13 heavy (non-hydrogen) atoms. The Morgan fingerprint density at radius 1 is 1.62 bits per heavy atom. The SMILES string of the molecule is CN(C)CC1C=C(O)C(N)=CCC1. The van der Waals surface area contributed by atoms with Crippen molar-refractivity contribution in [1.82, 2.24) is 4.90 Å². The first-order chi connectivity index (χ1) is 6.09. The molecule has 0 amide bonds. The van der Waals surface area contributed by atoms with Crippen LogP contribution in [-0.4, -0.2) is 30.6 Å². The molecule has 3 N–H and O–H groups in total. The Hall–Kier alpha value is -0.960. The molecular weight excluding hydrogens is 164 g/mol. The van der Waals surface area contributed by atoms with Gasteiger partial charge in [0.05, 0.1) is 5.70 Å². The van der Waals surface area contributed by atoms with Gasteiger partial charge in [-0.05, 0) is 38.9 Å². The molecule has 0 spiro atoms. The quantitative estimate of drug-likeness (QED) is 0.675. The third kappa shape index (κ3) is 3.11. The first-order valence-electron chi connectivity index (χ1n) is 4.61. The lowest BCUT2D eigenvalue weighted by molar-refractivity contribution is 0.342. The zero-order valence-electron chi connectivity index (χ0n) is 8.33. The zero-order valence-corrected chi connectivity index (χ0v) is 8.33. The molecule has 1 aliphatic carbocycles. The van der Waals surface area contributed by atoms with Gasteiger partial charge in [0.25, 0.3) is 0 Å². The summed E-state index contributed by atoms with van der Waals surface area (Å²) >= 11 is 0. The summed E-state index contributed by atoms with van der Waals surface area (Å²) in [5.41, 5.74) is 6.12. The van der Waals surface area contributed by atoms with Crippen LogP contribution in [0.25, 0.3) is 0 Å². The second-order valence-corrected chi connectivity index (χ2v) is 3.81. The number of hydrogen-bond donors (Lipinski definition) is 2. The van der Waals surface area contributed by atoms with E-state index in [9.17, 15) is 5.11 Å². The summed E-state index contributed by atoms with van der Waals surface area (Å²) in [4.78, 5) is 2.12. The first-order valence-corrected chi connectivity index (χ1v) is 4.61. The Morgan fingerprint density at radius 3 is 2.92 bits per heavy atom.